The Hall–Kier alpha value is -2.43. The molecule has 1 aromatic carbocycles. The van der Waals surface area contributed by atoms with E-state index in [2.05, 4.69) is 61.9 Å². The van der Waals surface area contributed by atoms with Crippen LogP contribution in [0.15, 0.2) is 30.6 Å². The maximum Gasteiger partial charge on any atom is 0.164 e. The summed E-state index contributed by atoms with van der Waals surface area (Å²) in [6, 6.07) is 8.27. The molecular weight excluding hydrogens is 274 g/mol. The van der Waals surface area contributed by atoms with Crippen LogP contribution in [0.3, 0.4) is 0 Å². The number of nitrogens with two attached hydrogens (primary N) is 1. The van der Waals surface area contributed by atoms with Crippen LogP contribution in [0.5, 0.6) is 0 Å². The van der Waals surface area contributed by atoms with E-state index in [1.807, 2.05) is 4.68 Å². The largest absolute Gasteiger partial charge is 0.383 e. The van der Waals surface area contributed by atoms with Crippen LogP contribution in [0, 0.1) is 6.92 Å². The number of benzene rings is 1. The molecule has 0 saturated heterocycles. The molecule has 0 aliphatic carbocycles. The highest BCUT2D eigenvalue weighted by molar-refractivity contribution is 5.98. The zero-order chi connectivity index (χ0) is 15.9. The Bertz CT molecular complexity index is 815. The molecule has 0 spiro atoms. The standard InChI is InChI=1S/C17H21N5/c1-5-17(3,4)22-16-13(15(18)19-10-20-16)14(21-22)12-8-6-11(2)7-9-12/h6-10H,5H2,1-4H3,(H2,18,19,20). The Morgan fingerprint density at radius 3 is 2.45 bits per heavy atom. The number of aromatic nitrogens is 4. The van der Waals surface area contributed by atoms with Crippen molar-refractivity contribution in [3.05, 3.63) is 36.2 Å². The molecule has 3 rings (SSSR count). The monoisotopic (exact) mass is 295 g/mol. The summed E-state index contributed by atoms with van der Waals surface area (Å²) in [5, 5.41) is 5.65. The van der Waals surface area contributed by atoms with Gasteiger partial charge in [0, 0.05) is 5.56 Å². The zero-order valence-electron chi connectivity index (χ0n) is 13.5. The van der Waals surface area contributed by atoms with Gasteiger partial charge < -0.3 is 5.73 Å². The van der Waals surface area contributed by atoms with E-state index in [1.165, 1.54) is 11.9 Å². The molecule has 0 bridgehead atoms. The predicted octanol–water partition coefficient (Wildman–Crippen LogP) is 3.53. The highest BCUT2D eigenvalue weighted by Gasteiger charge is 2.26. The van der Waals surface area contributed by atoms with E-state index in [0.29, 0.717) is 5.82 Å². The molecule has 5 nitrogen and oxygen atoms in total. The number of rotatable bonds is 3. The summed E-state index contributed by atoms with van der Waals surface area (Å²) in [5.41, 5.74) is 9.85. The molecule has 5 heteroatoms. The fourth-order valence-electron chi connectivity index (χ4n) is 2.46. The molecule has 22 heavy (non-hydrogen) atoms. The third kappa shape index (κ3) is 2.22. The summed E-state index contributed by atoms with van der Waals surface area (Å²) in [4.78, 5) is 8.57. The van der Waals surface area contributed by atoms with Crippen LogP contribution >= 0.6 is 0 Å². The van der Waals surface area contributed by atoms with Crippen molar-refractivity contribution in [3.63, 3.8) is 0 Å². The van der Waals surface area contributed by atoms with Gasteiger partial charge in [-0.15, -0.1) is 0 Å². The Kier molecular flexibility index (Phi) is 3.35. The molecule has 0 amide bonds. The van der Waals surface area contributed by atoms with Crippen molar-refractivity contribution in [1.29, 1.82) is 0 Å². The van der Waals surface area contributed by atoms with Crippen LogP contribution in [0.4, 0.5) is 5.82 Å². The Labute approximate surface area is 130 Å². The number of nitrogens with zero attached hydrogens (tertiary/aromatic N) is 4. The fourth-order valence-corrected chi connectivity index (χ4v) is 2.46. The number of anilines is 1. The summed E-state index contributed by atoms with van der Waals surface area (Å²) >= 11 is 0. The third-order valence-corrected chi connectivity index (χ3v) is 4.26. The van der Waals surface area contributed by atoms with E-state index in [-0.39, 0.29) is 5.54 Å². The lowest BCUT2D eigenvalue weighted by Gasteiger charge is -2.23. The van der Waals surface area contributed by atoms with Crippen molar-refractivity contribution >= 4 is 16.9 Å². The van der Waals surface area contributed by atoms with Crippen LogP contribution in [0.1, 0.15) is 32.8 Å². The maximum atomic E-state index is 6.12. The first-order valence-electron chi connectivity index (χ1n) is 7.51. The molecular formula is C17H21N5. The SMILES string of the molecule is CCC(C)(C)n1nc(-c2ccc(C)cc2)c2c(N)ncnc21. The van der Waals surface area contributed by atoms with E-state index >= 15 is 0 Å². The summed E-state index contributed by atoms with van der Waals surface area (Å²) < 4.78 is 1.97. The highest BCUT2D eigenvalue weighted by Crippen LogP contribution is 2.33. The van der Waals surface area contributed by atoms with Gasteiger partial charge in [0.15, 0.2) is 5.65 Å². The molecule has 0 saturated carbocycles. The van der Waals surface area contributed by atoms with Crippen LogP contribution < -0.4 is 5.73 Å². The van der Waals surface area contributed by atoms with Crippen molar-refractivity contribution in [2.24, 2.45) is 0 Å². The Balaban J connectivity index is 2.33. The summed E-state index contributed by atoms with van der Waals surface area (Å²) in [6.07, 6.45) is 2.45. The van der Waals surface area contributed by atoms with Crippen molar-refractivity contribution in [2.45, 2.75) is 39.7 Å². The number of fused-ring (bicyclic) bond motifs is 1. The van der Waals surface area contributed by atoms with Gasteiger partial charge in [-0.05, 0) is 27.2 Å². The molecule has 114 valence electrons. The smallest absolute Gasteiger partial charge is 0.164 e. The van der Waals surface area contributed by atoms with Gasteiger partial charge in [-0.3, -0.25) is 0 Å². The van der Waals surface area contributed by atoms with Crippen LogP contribution in [0.25, 0.3) is 22.3 Å². The molecule has 0 fully saturated rings. The van der Waals surface area contributed by atoms with Gasteiger partial charge in [0.25, 0.3) is 0 Å². The molecule has 0 aliphatic heterocycles. The number of nitrogen functional groups attached to an aromatic ring is 1. The lowest BCUT2D eigenvalue weighted by molar-refractivity contribution is 0.317. The van der Waals surface area contributed by atoms with Gasteiger partial charge in [0.1, 0.15) is 17.8 Å². The molecule has 0 radical (unpaired) electrons. The van der Waals surface area contributed by atoms with E-state index < -0.39 is 0 Å². The van der Waals surface area contributed by atoms with Gasteiger partial charge in [-0.1, -0.05) is 36.8 Å². The first-order chi connectivity index (χ1) is 10.4. The molecule has 2 heterocycles. The van der Waals surface area contributed by atoms with E-state index in [0.717, 1.165) is 28.7 Å². The summed E-state index contributed by atoms with van der Waals surface area (Å²) in [6.45, 7) is 8.51. The average molecular weight is 295 g/mol. The number of aryl methyl sites for hydroxylation is 1. The van der Waals surface area contributed by atoms with Gasteiger partial charge in [-0.25, -0.2) is 14.6 Å². The van der Waals surface area contributed by atoms with Crippen LogP contribution in [-0.2, 0) is 5.54 Å². The normalized spacial score (nSPS) is 12.0. The first-order valence-corrected chi connectivity index (χ1v) is 7.51. The molecule has 0 aliphatic rings. The second-order valence-electron chi connectivity index (χ2n) is 6.25. The van der Waals surface area contributed by atoms with Crippen LogP contribution in [-0.4, -0.2) is 19.7 Å². The lowest BCUT2D eigenvalue weighted by atomic mass is 10.0. The lowest BCUT2D eigenvalue weighted by Crippen LogP contribution is -2.26. The number of hydrogen-bond acceptors (Lipinski definition) is 4. The van der Waals surface area contributed by atoms with E-state index in [1.54, 1.807) is 0 Å². The molecule has 2 aromatic heterocycles. The summed E-state index contributed by atoms with van der Waals surface area (Å²) in [7, 11) is 0. The third-order valence-electron chi connectivity index (χ3n) is 4.26. The summed E-state index contributed by atoms with van der Waals surface area (Å²) in [5.74, 6) is 0.471. The van der Waals surface area contributed by atoms with Crippen molar-refractivity contribution < 1.29 is 0 Å². The molecule has 0 unspecified atom stereocenters. The van der Waals surface area contributed by atoms with E-state index in [9.17, 15) is 0 Å². The topological polar surface area (TPSA) is 69.6 Å². The predicted molar refractivity (Wildman–Crippen MR) is 89.5 cm³/mol. The van der Waals surface area contributed by atoms with Crippen LogP contribution in [0.2, 0.25) is 0 Å². The van der Waals surface area contributed by atoms with Crippen molar-refractivity contribution in [1.82, 2.24) is 19.7 Å². The number of hydrogen-bond donors (Lipinski definition) is 1. The average Bonchev–Trinajstić information content (AvgIpc) is 2.90. The quantitative estimate of drug-likeness (QED) is 0.802. The van der Waals surface area contributed by atoms with Crippen molar-refractivity contribution in [2.75, 3.05) is 5.73 Å². The second kappa shape index (κ2) is 5.09. The minimum absolute atomic E-state index is 0.137. The van der Waals surface area contributed by atoms with Gasteiger partial charge >= 0.3 is 0 Å². The fraction of sp³-hybridized carbons (Fsp3) is 0.353. The molecule has 3 aromatic rings. The van der Waals surface area contributed by atoms with Gasteiger partial charge in [0.2, 0.25) is 0 Å². The molecule has 0 atom stereocenters. The minimum Gasteiger partial charge on any atom is -0.383 e. The van der Waals surface area contributed by atoms with Crippen molar-refractivity contribution in [3.8, 4) is 11.3 Å². The zero-order valence-corrected chi connectivity index (χ0v) is 13.5. The molecule has 2 N–H and O–H groups in total. The van der Waals surface area contributed by atoms with Gasteiger partial charge in [-0.2, -0.15) is 5.10 Å². The second-order valence-corrected chi connectivity index (χ2v) is 6.25. The first kappa shape index (κ1) is 14.5. The maximum absolute atomic E-state index is 6.12. The minimum atomic E-state index is -0.137. The highest BCUT2D eigenvalue weighted by atomic mass is 15.3. The van der Waals surface area contributed by atoms with E-state index in [4.69, 9.17) is 10.8 Å². The Morgan fingerprint density at radius 2 is 1.82 bits per heavy atom. The Morgan fingerprint density at radius 1 is 1.14 bits per heavy atom. The van der Waals surface area contributed by atoms with Gasteiger partial charge in [0.05, 0.1) is 10.9 Å².